The van der Waals surface area contributed by atoms with Crippen LogP contribution < -0.4 is 14.4 Å². The van der Waals surface area contributed by atoms with E-state index in [0.717, 1.165) is 12.0 Å². The molecule has 0 radical (unpaired) electrons. The number of aliphatic carboxylic acids is 1. The zero-order valence-corrected chi connectivity index (χ0v) is 21.8. The second kappa shape index (κ2) is 11.3. The summed E-state index contributed by atoms with van der Waals surface area (Å²) < 4.78 is 17.8. The van der Waals surface area contributed by atoms with Gasteiger partial charge in [-0.15, -0.1) is 11.3 Å². The standard InChI is InChI=1S/C26H27ClN2O6S/c1-4-10-29-19-9-8-15(27)11-18(19)24(17-6-5-7-20(33-2)25(17)34-3)35-21(26(29)32)13-22-28-14-16(36-22)12-23(30)31/h5-9,11,14,21,24H,4,10,12-13H2,1-3H3,(H,30,31)/t21-,24-/m1/s1. The maximum absolute atomic E-state index is 13.8. The van der Waals surface area contributed by atoms with Crippen LogP contribution in [0.15, 0.2) is 42.6 Å². The third kappa shape index (κ3) is 5.33. The van der Waals surface area contributed by atoms with Crippen LogP contribution in [0, 0.1) is 0 Å². The second-order valence-electron chi connectivity index (χ2n) is 8.28. The molecule has 0 unspecified atom stereocenters. The summed E-state index contributed by atoms with van der Waals surface area (Å²) in [6, 6.07) is 10.9. The number of carboxylic acids is 1. The van der Waals surface area contributed by atoms with Crippen molar-refractivity contribution in [3.63, 3.8) is 0 Å². The van der Waals surface area contributed by atoms with Crippen LogP contribution in [-0.2, 0) is 27.2 Å². The summed E-state index contributed by atoms with van der Waals surface area (Å²) in [6.45, 7) is 2.50. The van der Waals surface area contributed by atoms with Crippen LogP contribution in [0.1, 0.15) is 40.5 Å². The molecule has 0 fully saturated rings. The Kier molecular flexibility index (Phi) is 8.13. The van der Waals surface area contributed by atoms with E-state index in [9.17, 15) is 9.59 Å². The number of benzene rings is 2. The molecule has 10 heteroatoms. The number of anilines is 1. The Labute approximate surface area is 218 Å². The van der Waals surface area contributed by atoms with Crippen LogP contribution in [0.3, 0.4) is 0 Å². The fraction of sp³-hybridized carbons (Fsp3) is 0.346. The van der Waals surface area contributed by atoms with Crippen LogP contribution in [0.25, 0.3) is 0 Å². The topological polar surface area (TPSA) is 98.2 Å². The Bertz CT molecular complexity index is 1260. The lowest BCUT2D eigenvalue weighted by molar-refractivity contribution is -0.136. The van der Waals surface area contributed by atoms with Gasteiger partial charge in [-0.05, 0) is 30.7 Å². The number of nitrogens with zero attached hydrogens (tertiary/aromatic N) is 2. The minimum absolute atomic E-state index is 0.118. The number of halogens is 1. The van der Waals surface area contributed by atoms with E-state index in [-0.39, 0.29) is 18.7 Å². The fourth-order valence-electron chi connectivity index (χ4n) is 4.35. The highest BCUT2D eigenvalue weighted by Gasteiger charge is 2.38. The maximum Gasteiger partial charge on any atom is 0.308 e. The van der Waals surface area contributed by atoms with Gasteiger partial charge in [0.1, 0.15) is 12.2 Å². The number of methoxy groups -OCH3 is 2. The van der Waals surface area contributed by atoms with Gasteiger partial charge >= 0.3 is 5.97 Å². The maximum atomic E-state index is 13.8. The van der Waals surface area contributed by atoms with Crippen molar-refractivity contribution in [2.24, 2.45) is 0 Å². The van der Waals surface area contributed by atoms with E-state index in [1.807, 2.05) is 31.2 Å². The Morgan fingerprint density at radius 3 is 2.72 bits per heavy atom. The lowest BCUT2D eigenvalue weighted by Gasteiger charge is -2.24. The smallest absolute Gasteiger partial charge is 0.308 e. The molecule has 1 amide bonds. The number of ether oxygens (including phenoxy) is 3. The largest absolute Gasteiger partial charge is 0.493 e. The number of carbonyl (C=O) groups is 2. The molecule has 1 aliphatic rings. The number of aromatic nitrogens is 1. The molecule has 0 aliphatic carbocycles. The number of rotatable bonds is 9. The summed E-state index contributed by atoms with van der Waals surface area (Å²) in [6.07, 6.45) is 0.815. The molecule has 4 rings (SSSR count). The molecule has 0 saturated heterocycles. The average Bonchev–Trinajstić information content (AvgIpc) is 3.26. The lowest BCUT2D eigenvalue weighted by Crippen LogP contribution is -2.40. The predicted molar refractivity (Wildman–Crippen MR) is 138 cm³/mol. The van der Waals surface area contributed by atoms with Gasteiger partial charge in [0.15, 0.2) is 11.5 Å². The van der Waals surface area contributed by atoms with Crippen LogP contribution in [0.4, 0.5) is 5.69 Å². The number of fused-ring (bicyclic) bond motifs is 1. The van der Waals surface area contributed by atoms with Gasteiger partial charge in [0.05, 0.1) is 25.6 Å². The monoisotopic (exact) mass is 530 g/mol. The number of thiazole rings is 1. The molecule has 0 saturated carbocycles. The van der Waals surface area contributed by atoms with Gasteiger partial charge in [0, 0.05) is 45.9 Å². The lowest BCUT2D eigenvalue weighted by atomic mass is 9.98. The Morgan fingerprint density at radius 2 is 2.03 bits per heavy atom. The number of hydrogen-bond donors (Lipinski definition) is 1. The first kappa shape index (κ1) is 25.9. The van der Waals surface area contributed by atoms with Crippen molar-refractivity contribution < 1.29 is 28.9 Å². The molecule has 1 N–H and O–H groups in total. The van der Waals surface area contributed by atoms with Crippen LogP contribution in [-0.4, -0.2) is 48.8 Å². The highest BCUT2D eigenvalue weighted by atomic mass is 35.5. The molecule has 3 aromatic rings. The first-order valence-corrected chi connectivity index (χ1v) is 12.7. The SMILES string of the molecule is CCCN1C(=O)[C@@H](Cc2ncc(CC(=O)O)s2)O[C@H](c2cccc(OC)c2OC)c2cc(Cl)ccc21. The molecule has 2 heterocycles. The van der Waals surface area contributed by atoms with E-state index in [1.165, 1.54) is 17.5 Å². The molecule has 1 aromatic heterocycles. The van der Waals surface area contributed by atoms with Crippen molar-refractivity contribution >= 4 is 40.5 Å². The first-order valence-electron chi connectivity index (χ1n) is 11.5. The van der Waals surface area contributed by atoms with Crippen molar-refractivity contribution in [2.45, 2.75) is 38.4 Å². The summed E-state index contributed by atoms with van der Waals surface area (Å²) in [7, 11) is 3.12. The molecular weight excluding hydrogens is 504 g/mol. The van der Waals surface area contributed by atoms with Crippen molar-refractivity contribution in [1.82, 2.24) is 4.98 Å². The van der Waals surface area contributed by atoms with Gasteiger partial charge < -0.3 is 24.2 Å². The van der Waals surface area contributed by atoms with E-state index in [1.54, 1.807) is 31.3 Å². The van der Waals surface area contributed by atoms with Crippen LogP contribution in [0.2, 0.25) is 5.02 Å². The van der Waals surface area contributed by atoms with E-state index in [2.05, 4.69) is 4.98 Å². The highest BCUT2D eigenvalue weighted by Crippen LogP contribution is 2.45. The van der Waals surface area contributed by atoms with Gasteiger partial charge in [-0.25, -0.2) is 4.98 Å². The van der Waals surface area contributed by atoms with E-state index in [0.29, 0.717) is 44.2 Å². The van der Waals surface area contributed by atoms with Crippen molar-refractivity contribution in [3.8, 4) is 11.5 Å². The van der Waals surface area contributed by atoms with Gasteiger partial charge in [-0.3, -0.25) is 9.59 Å². The average molecular weight is 531 g/mol. The van der Waals surface area contributed by atoms with Crippen LogP contribution in [0.5, 0.6) is 11.5 Å². The van der Waals surface area contributed by atoms with Gasteiger partial charge in [-0.2, -0.15) is 0 Å². The van der Waals surface area contributed by atoms with Crippen molar-refractivity contribution in [2.75, 3.05) is 25.7 Å². The Balaban J connectivity index is 1.83. The predicted octanol–water partition coefficient (Wildman–Crippen LogP) is 4.91. The quantitative estimate of drug-likeness (QED) is 0.419. The minimum atomic E-state index is -0.932. The molecule has 0 spiro atoms. The van der Waals surface area contributed by atoms with E-state index < -0.39 is 18.2 Å². The van der Waals surface area contributed by atoms with Crippen molar-refractivity contribution in [1.29, 1.82) is 0 Å². The summed E-state index contributed by atoms with van der Waals surface area (Å²) in [5.74, 6) is -0.0830. The van der Waals surface area contributed by atoms with Gasteiger partial charge in [0.2, 0.25) is 0 Å². The van der Waals surface area contributed by atoms with Gasteiger partial charge in [0.25, 0.3) is 5.91 Å². The number of amides is 1. The van der Waals surface area contributed by atoms with E-state index >= 15 is 0 Å². The number of carbonyl (C=O) groups excluding carboxylic acids is 1. The molecule has 0 bridgehead atoms. The normalized spacial score (nSPS) is 17.4. The molecule has 8 nitrogen and oxygen atoms in total. The zero-order valence-electron chi connectivity index (χ0n) is 20.2. The molecule has 2 aromatic carbocycles. The molecule has 1 aliphatic heterocycles. The van der Waals surface area contributed by atoms with Crippen molar-refractivity contribution in [3.05, 3.63) is 68.6 Å². The summed E-state index contributed by atoms with van der Waals surface area (Å²) in [4.78, 5) is 31.6. The fourth-order valence-corrected chi connectivity index (χ4v) is 5.47. The van der Waals surface area contributed by atoms with E-state index in [4.69, 9.17) is 30.9 Å². The zero-order chi connectivity index (χ0) is 25.8. The first-order chi connectivity index (χ1) is 17.4. The number of carboxylic acid groups (broad SMARTS) is 1. The third-order valence-corrected chi connectivity index (χ3v) is 7.11. The summed E-state index contributed by atoms with van der Waals surface area (Å²) in [5.41, 5.74) is 2.15. The Hall–Kier alpha value is -3.14. The molecular formula is C26H27ClN2O6S. The number of hydrogen-bond acceptors (Lipinski definition) is 7. The number of para-hydroxylation sites is 1. The highest BCUT2D eigenvalue weighted by molar-refractivity contribution is 7.11. The third-order valence-electron chi connectivity index (χ3n) is 5.85. The molecule has 36 heavy (non-hydrogen) atoms. The van der Waals surface area contributed by atoms with Gasteiger partial charge in [-0.1, -0.05) is 30.7 Å². The minimum Gasteiger partial charge on any atom is -0.493 e. The summed E-state index contributed by atoms with van der Waals surface area (Å²) >= 11 is 7.68. The Morgan fingerprint density at radius 1 is 1.22 bits per heavy atom. The molecule has 190 valence electrons. The summed E-state index contributed by atoms with van der Waals surface area (Å²) in [5, 5.41) is 10.3. The molecule has 2 atom stereocenters. The second-order valence-corrected chi connectivity index (χ2v) is 9.91. The van der Waals surface area contributed by atoms with Crippen LogP contribution >= 0.6 is 22.9 Å².